The fourth-order valence-electron chi connectivity index (χ4n) is 10.2. The van der Waals surface area contributed by atoms with Crippen molar-refractivity contribution in [3.05, 3.63) is 12.2 Å². The van der Waals surface area contributed by atoms with Gasteiger partial charge in [-0.15, -0.1) is 0 Å². The number of hydrogen-bond donors (Lipinski definition) is 2. The molecule has 2 N–H and O–H groups in total. The van der Waals surface area contributed by atoms with Gasteiger partial charge in [0, 0.05) is 0 Å². The monoisotopic (exact) mass is 959 g/mol. The fourth-order valence-corrected chi connectivity index (χ4v) is 10.2. The Kier molecular flexibility index (Phi) is 49.4. The number of aliphatic hydroxyl groups is 2. The lowest BCUT2D eigenvalue weighted by atomic mass is 9.92. The van der Waals surface area contributed by atoms with Gasteiger partial charge < -0.3 is 19.7 Å². The summed E-state index contributed by atoms with van der Waals surface area (Å²) in [6.07, 6.45) is 74.2. The van der Waals surface area contributed by atoms with E-state index in [-0.39, 0.29) is 19.6 Å². The number of unbranched alkanes of at least 4 members (excludes halogenated alkanes) is 47. The first-order valence-electron chi connectivity index (χ1n) is 30.8. The Morgan fingerprint density at radius 3 is 0.912 bits per heavy atom. The predicted molar refractivity (Wildman–Crippen MR) is 292 cm³/mol. The third-order valence-electron chi connectivity index (χ3n) is 15.3. The molecule has 68 heavy (non-hydrogen) atoms. The lowest BCUT2D eigenvalue weighted by Gasteiger charge is -2.27. The van der Waals surface area contributed by atoms with Crippen LogP contribution in [-0.2, 0) is 19.1 Å². The van der Waals surface area contributed by atoms with Crippen LogP contribution >= 0.6 is 0 Å². The summed E-state index contributed by atoms with van der Waals surface area (Å²) in [5, 5.41) is 19.2. The van der Waals surface area contributed by atoms with Gasteiger partial charge in [-0.3, -0.25) is 9.59 Å². The van der Waals surface area contributed by atoms with Crippen LogP contribution in [-0.4, -0.2) is 48.6 Å². The van der Waals surface area contributed by atoms with Crippen molar-refractivity contribution in [3.63, 3.8) is 0 Å². The minimum Gasteiger partial charge on any atom is -0.465 e. The zero-order valence-electron chi connectivity index (χ0n) is 45.7. The zero-order valence-corrected chi connectivity index (χ0v) is 45.7. The van der Waals surface area contributed by atoms with Crippen LogP contribution < -0.4 is 0 Å². The van der Waals surface area contributed by atoms with Gasteiger partial charge in [-0.25, -0.2) is 0 Å². The van der Waals surface area contributed by atoms with Gasteiger partial charge in [0.05, 0.1) is 31.0 Å². The maximum Gasteiger partial charge on any atom is 0.309 e. The van der Waals surface area contributed by atoms with Crippen LogP contribution in [0.2, 0.25) is 0 Å². The summed E-state index contributed by atoms with van der Waals surface area (Å²) in [6, 6.07) is 0. The van der Waals surface area contributed by atoms with Crippen LogP contribution in [0, 0.1) is 11.3 Å². The van der Waals surface area contributed by atoms with E-state index in [1.54, 1.807) is 0 Å². The second-order valence-corrected chi connectivity index (χ2v) is 22.1. The molecule has 0 aliphatic carbocycles. The van der Waals surface area contributed by atoms with Crippen LogP contribution in [0.25, 0.3) is 0 Å². The van der Waals surface area contributed by atoms with Crippen LogP contribution in [0.1, 0.15) is 334 Å². The number of hydrogen-bond acceptors (Lipinski definition) is 6. The van der Waals surface area contributed by atoms with E-state index in [9.17, 15) is 19.8 Å². The van der Waals surface area contributed by atoms with Gasteiger partial charge in [0.2, 0.25) is 0 Å². The molecule has 6 heteroatoms. The second kappa shape index (κ2) is 51.9. The summed E-state index contributed by atoms with van der Waals surface area (Å²) < 4.78 is 10.6. The largest absolute Gasteiger partial charge is 0.465 e. The molecule has 0 spiro atoms. The van der Waals surface area contributed by atoms with E-state index in [0.29, 0.717) is 6.42 Å². The van der Waals surface area contributed by atoms with Crippen molar-refractivity contribution in [2.45, 2.75) is 334 Å². The minimum absolute atomic E-state index is 0.00488. The predicted octanol–water partition coefficient (Wildman–Crippen LogP) is 19.1. The highest BCUT2D eigenvalue weighted by Gasteiger charge is 2.36. The number of esters is 2. The molecule has 0 bridgehead atoms. The number of rotatable bonds is 53. The summed E-state index contributed by atoms with van der Waals surface area (Å²) in [6.45, 7) is 1.21. The molecule has 1 fully saturated rings. The average Bonchev–Trinajstić information content (AvgIpc) is 3.40. The zero-order chi connectivity index (χ0) is 49.0. The standard InChI is InChI=1S/C62H118O6/c1-2-3-4-5-6-7-8-9-10-11-12-13-14-15-16-17-18-19-20-21-22-23-24-25-26-27-28-29-30-31-32-33-34-35-36-37-38-39-40-41-42-43-44-45-46-47-48-49-50-51-52-53-59-54-60(65)67-57-62(55-63,56-64)58-68-61(59)66/h17-18,59,63-64H,2-16,19-58H2,1H3/b18-17+. The normalized spacial score (nSPS) is 15.4. The molecule has 1 rings (SSSR count). The first kappa shape index (κ1) is 64.6. The van der Waals surface area contributed by atoms with E-state index >= 15 is 0 Å². The van der Waals surface area contributed by atoms with Gasteiger partial charge in [0.25, 0.3) is 0 Å². The van der Waals surface area contributed by atoms with Gasteiger partial charge in [0.1, 0.15) is 13.2 Å². The number of ether oxygens (including phenoxy) is 2. The molecule has 1 aliphatic heterocycles. The Bertz CT molecular complexity index is 1070. The lowest BCUT2D eigenvalue weighted by molar-refractivity contribution is -0.155. The quantitative estimate of drug-likeness (QED) is 0.0358. The van der Waals surface area contributed by atoms with Crippen molar-refractivity contribution in [1.82, 2.24) is 0 Å². The van der Waals surface area contributed by atoms with E-state index < -0.39 is 36.5 Å². The van der Waals surface area contributed by atoms with Gasteiger partial charge >= 0.3 is 11.9 Å². The highest BCUT2D eigenvalue weighted by Crippen LogP contribution is 2.25. The molecule has 0 aromatic heterocycles. The van der Waals surface area contributed by atoms with Crippen LogP contribution in [0.3, 0.4) is 0 Å². The third-order valence-corrected chi connectivity index (χ3v) is 15.3. The Hall–Kier alpha value is -1.40. The second-order valence-electron chi connectivity index (χ2n) is 22.1. The number of carbonyl (C=O) groups excluding carboxylic acids is 2. The summed E-state index contributed by atoms with van der Waals surface area (Å²) in [7, 11) is 0. The van der Waals surface area contributed by atoms with Crippen molar-refractivity contribution < 1.29 is 29.3 Å². The molecule has 1 heterocycles. The smallest absolute Gasteiger partial charge is 0.309 e. The van der Waals surface area contributed by atoms with Crippen molar-refractivity contribution in [2.24, 2.45) is 11.3 Å². The third kappa shape index (κ3) is 43.4. The van der Waals surface area contributed by atoms with Crippen LogP contribution in [0.15, 0.2) is 12.2 Å². The lowest BCUT2D eigenvalue weighted by Crippen LogP contribution is -2.40. The van der Waals surface area contributed by atoms with E-state index in [0.717, 1.165) is 19.3 Å². The number of allylic oxidation sites excluding steroid dienone is 2. The molecule has 0 aromatic rings. The Morgan fingerprint density at radius 2 is 0.632 bits per heavy atom. The molecule has 1 aliphatic rings. The number of carbonyl (C=O) groups is 2. The van der Waals surface area contributed by atoms with Gasteiger partial charge in [0.15, 0.2) is 0 Å². The molecule has 1 atom stereocenters. The fraction of sp³-hybridized carbons (Fsp3) is 0.935. The van der Waals surface area contributed by atoms with Crippen LogP contribution in [0.5, 0.6) is 0 Å². The van der Waals surface area contributed by atoms with Crippen molar-refractivity contribution in [2.75, 3.05) is 26.4 Å². The van der Waals surface area contributed by atoms with Gasteiger partial charge in [-0.1, -0.05) is 308 Å². The molecule has 1 unspecified atom stereocenters. The highest BCUT2D eigenvalue weighted by atomic mass is 16.6. The molecule has 0 aromatic carbocycles. The summed E-state index contributed by atoms with van der Waals surface area (Å²) in [5.41, 5.74) is -1.12. The number of aliphatic hydroxyl groups excluding tert-OH is 2. The van der Waals surface area contributed by atoms with Crippen molar-refractivity contribution in [3.8, 4) is 0 Å². The van der Waals surface area contributed by atoms with E-state index in [1.165, 1.54) is 295 Å². The van der Waals surface area contributed by atoms with E-state index in [2.05, 4.69) is 19.1 Å². The molecule has 0 radical (unpaired) electrons. The molecule has 1 saturated heterocycles. The first-order chi connectivity index (χ1) is 33.6. The summed E-state index contributed by atoms with van der Waals surface area (Å²) >= 11 is 0. The molecular formula is C62H118O6. The summed E-state index contributed by atoms with van der Waals surface area (Å²) in [5.74, 6) is -1.40. The first-order valence-corrected chi connectivity index (χ1v) is 30.8. The maximum atomic E-state index is 12.5. The van der Waals surface area contributed by atoms with Gasteiger partial charge in [-0.05, 0) is 32.1 Å². The Labute approximate surface area is 423 Å². The maximum absolute atomic E-state index is 12.5. The topological polar surface area (TPSA) is 93.1 Å². The Balaban J connectivity index is 1.69. The van der Waals surface area contributed by atoms with E-state index in [4.69, 9.17) is 9.47 Å². The summed E-state index contributed by atoms with van der Waals surface area (Å²) in [4.78, 5) is 24.7. The van der Waals surface area contributed by atoms with Crippen molar-refractivity contribution in [1.29, 1.82) is 0 Å². The minimum atomic E-state index is -1.12. The highest BCUT2D eigenvalue weighted by molar-refractivity contribution is 5.80. The van der Waals surface area contributed by atoms with Crippen molar-refractivity contribution >= 4 is 11.9 Å². The average molecular weight is 960 g/mol. The van der Waals surface area contributed by atoms with E-state index in [1.807, 2.05) is 0 Å². The van der Waals surface area contributed by atoms with Crippen LogP contribution in [0.4, 0.5) is 0 Å². The molecular weight excluding hydrogens is 841 g/mol. The molecule has 0 amide bonds. The Morgan fingerprint density at radius 1 is 0.382 bits per heavy atom. The van der Waals surface area contributed by atoms with Gasteiger partial charge in [-0.2, -0.15) is 0 Å². The number of cyclic esters (lactones) is 2. The molecule has 0 saturated carbocycles. The SMILES string of the molecule is CCCCCCCCCCCCCCCC/C=C/CCCCCCCCCCCCCCCCCCCCCCCCCCCCCCCCCCCC1CC(=O)OCC(CO)(CO)COC1=O. The molecule has 6 nitrogen and oxygen atoms in total. The molecule has 402 valence electrons.